The summed E-state index contributed by atoms with van der Waals surface area (Å²) in [5.41, 5.74) is 19.5. The highest BCUT2D eigenvalue weighted by Crippen LogP contribution is 2.31. The molecule has 1 heterocycles. The van der Waals surface area contributed by atoms with Crippen LogP contribution in [-0.2, 0) is 6.54 Å². The average molecular weight is 466 g/mol. The van der Waals surface area contributed by atoms with Crippen LogP contribution in [0, 0.1) is 34.6 Å². The van der Waals surface area contributed by atoms with Crippen LogP contribution in [0.3, 0.4) is 0 Å². The van der Waals surface area contributed by atoms with Gasteiger partial charge in [-0.25, -0.2) is 9.48 Å². The van der Waals surface area contributed by atoms with E-state index in [2.05, 4.69) is 111 Å². The summed E-state index contributed by atoms with van der Waals surface area (Å²) < 4.78 is 2.38. The molecule has 0 saturated carbocycles. The van der Waals surface area contributed by atoms with Gasteiger partial charge >= 0.3 is 0 Å². The van der Waals surface area contributed by atoms with Gasteiger partial charge in [0.05, 0.1) is 5.70 Å². The van der Waals surface area contributed by atoms with Gasteiger partial charge in [-0.15, -0.1) is 0 Å². The lowest BCUT2D eigenvalue weighted by molar-refractivity contribution is -0.425. The van der Waals surface area contributed by atoms with Crippen molar-refractivity contribution in [1.82, 2.24) is 5.32 Å². The first kappa shape index (κ1) is 24.3. The van der Waals surface area contributed by atoms with E-state index in [1.54, 1.807) is 6.20 Å². The first-order valence-corrected chi connectivity index (χ1v) is 12.3. The second kappa shape index (κ2) is 10.2. The Kier molecular flexibility index (Phi) is 7.11. The SMILES string of the molecule is C=Cc1ccc(CN/C(=C\N)c2cc(C)c([N+]3=CN(c4c(C)cc(C)cc4C)CC3)c(C)c2)cc1. The van der Waals surface area contributed by atoms with E-state index >= 15 is 0 Å². The summed E-state index contributed by atoms with van der Waals surface area (Å²) in [6.45, 7) is 17.4. The number of rotatable bonds is 7. The van der Waals surface area contributed by atoms with Crippen molar-refractivity contribution in [1.29, 1.82) is 0 Å². The molecule has 0 fully saturated rings. The fourth-order valence-electron chi connectivity index (χ4n) is 5.25. The Morgan fingerprint density at radius 3 is 2.17 bits per heavy atom. The van der Waals surface area contributed by atoms with E-state index in [-0.39, 0.29) is 0 Å². The topological polar surface area (TPSA) is 44.3 Å². The van der Waals surface area contributed by atoms with Gasteiger partial charge in [0.2, 0.25) is 6.34 Å². The number of benzene rings is 3. The van der Waals surface area contributed by atoms with Crippen molar-refractivity contribution >= 4 is 29.5 Å². The first-order chi connectivity index (χ1) is 16.8. The highest BCUT2D eigenvalue weighted by Gasteiger charge is 2.27. The smallest absolute Gasteiger partial charge is 0.244 e. The van der Waals surface area contributed by atoms with E-state index in [0.717, 1.165) is 29.9 Å². The molecule has 0 unspecified atom stereocenters. The number of aryl methyl sites for hydroxylation is 5. The van der Waals surface area contributed by atoms with Crippen molar-refractivity contribution in [2.75, 3.05) is 18.0 Å². The van der Waals surface area contributed by atoms with Crippen LogP contribution in [-0.4, -0.2) is 24.0 Å². The molecule has 4 nitrogen and oxygen atoms in total. The lowest BCUT2D eigenvalue weighted by atomic mass is 10.0. The van der Waals surface area contributed by atoms with Gasteiger partial charge in [-0.3, -0.25) is 0 Å². The van der Waals surface area contributed by atoms with Crippen LogP contribution >= 0.6 is 0 Å². The molecule has 3 N–H and O–H groups in total. The summed E-state index contributed by atoms with van der Waals surface area (Å²) in [7, 11) is 0. The minimum Gasteiger partial charge on any atom is -0.403 e. The Labute approximate surface area is 210 Å². The maximum atomic E-state index is 6.04. The van der Waals surface area contributed by atoms with Gasteiger partial charge in [-0.1, -0.05) is 54.6 Å². The summed E-state index contributed by atoms with van der Waals surface area (Å²) in [5.74, 6) is 0. The summed E-state index contributed by atoms with van der Waals surface area (Å²) in [4.78, 5) is 2.39. The maximum absolute atomic E-state index is 6.04. The number of anilines is 1. The van der Waals surface area contributed by atoms with Gasteiger partial charge in [-0.05, 0) is 85.7 Å². The lowest BCUT2D eigenvalue weighted by Gasteiger charge is -2.15. The second-order valence-electron chi connectivity index (χ2n) is 9.59. The predicted molar refractivity (Wildman–Crippen MR) is 150 cm³/mol. The van der Waals surface area contributed by atoms with E-state index in [1.807, 2.05) is 6.08 Å². The van der Waals surface area contributed by atoms with Crippen LogP contribution < -0.4 is 16.0 Å². The number of nitrogens with two attached hydrogens (primary N) is 1. The van der Waals surface area contributed by atoms with E-state index in [9.17, 15) is 0 Å². The fourth-order valence-corrected chi connectivity index (χ4v) is 5.25. The van der Waals surface area contributed by atoms with Crippen molar-refractivity contribution in [2.45, 2.75) is 41.2 Å². The van der Waals surface area contributed by atoms with E-state index in [0.29, 0.717) is 6.54 Å². The fraction of sp³-hybridized carbons (Fsp3) is 0.258. The van der Waals surface area contributed by atoms with E-state index in [4.69, 9.17) is 5.73 Å². The largest absolute Gasteiger partial charge is 0.403 e. The van der Waals surface area contributed by atoms with Crippen LogP contribution in [0.2, 0.25) is 0 Å². The van der Waals surface area contributed by atoms with Gasteiger partial charge < -0.3 is 11.1 Å². The third-order valence-electron chi connectivity index (χ3n) is 6.74. The molecular weight excluding hydrogens is 428 g/mol. The maximum Gasteiger partial charge on any atom is 0.244 e. The quantitative estimate of drug-likeness (QED) is 0.414. The molecule has 0 amide bonds. The molecule has 0 aromatic heterocycles. The van der Waals surface area contributed by atoms with Crippen molar-refractivity contribution in [3.05, 3.63) is 106 Å². The Morgan fingerprint density at radius 1 is 0.971 bits per heavy atom. The standard InChI is InChI=1S/C31H37N4/c1-7-26-8-10-27(11-9-26)19-33-29(18-32)28-16-24(5)31(25(6)17-28)35-13-12-34(20-35)30-22(3)14-21(2)15-23(30)4/h7-11,14-18,20,33H,1,12-13,19,32H2,2-6H3/q+1/b29-18-. The molecule has 0 spiro atoms. The van der Waals surface area contributed by atoms with Crippen LogP contribution in [0.1, 0.15) is 44.5 Å². The third kappa shape index (κ3) is 5.17. The average Bonchev–Trinajstić information content (AvgIpc) is 3.27. The molecule has 3 aromatic rings. The summed E-state index contributed by atoms with van der Waals surface area (Å²) >= 11 is 0. The van der Waals surface area contributed by atoms with Crippen LogP contribution in [0.25, 0.3) is 11.8 Å². The first-order valence-electron chi connectivity index (χ1n) is 12.3. The molecule has 3 aromatic carbocycles. The summed E-state index contributed by atoms with van der Waals surface area (Å²) in [5, 5.41) is 3.51. The number of nitrogens with one attached hydrogen (secondary N) is 1. The number of hydrogen-bond donors (Lipinski definition) is 2. The van der Waals surface area contributed by atoms with E-state index in [1.165, 1.54) is 44.8 Å². The Hall–Kier alpha value is -3.79. The van der Waals surface area contributed by atoms with Gasteiger partial charge in [-0.2, -0.15) is 0 Å². The zero-order chi connectivity index (χ0) is 25.1. The van der Waals surface area contributed by atoms with E-state index < -0.39 is 0 Å². The molecule has 0 saturated heterocycles. The van der Waals surface area contributed by atoms with Gasteiger partial charge in [0.1, 0.15) is 24.5 Å². The minimum atomic E-state index is 0.713. The number of nitrogens with zero attached hydrogens (tertiary/aromatic N) is 2. The van der Waals surface area contributed by atoms with Crippen molar-refractivity contribution in [2.24, 2.45) is 5.73 Å². The Balaban J connectivity index is 1.56. The monoisotopic (exact) mass is 465 g/mol. The molecule has 0 aliphatic carbocycles. The highest BCUT2D eigenvalue weighted by atomic mass is 15.3. The van der Waals surface area contributed by atoms with Gasteiger partial charge in [0, 0.05) is 12.7 Å². The van der Waals surface area contributed by atoms with Crippen molar-refractivity contribution < 1.29 is 4.58 Å². The number of hydrogen-bond acceptors (Lipinski definition) is 3. The molecule has 0 bridgehead atoms. The van der Waals surface area contributed by atoms with Crippen LogP contribution in [0.4, 0.5) is 11.4 Å². The minimum absolute atomic E-state index is 0.713. The lowest BCUT2D eigenvalue weighted by Crippen LogP contribution is -2.20. The van der Waals surface area contributed by atoms with Crippen molar-refractivity contribution in [3.63, 3.8) is 0 Å². The Bertz CT molecular complexity index is 1270. The second-order valence-corrected chi connectivity index (χ2v) is 9.59. The molecule has 35 heavy (non-hydrogen) atoms. The Morgan fingerprint density at radius 2 is 1.60 bits per heavy atom. The predicted octanol–water partition coefficient (Wildman–Crippen LogP) is 6.11. The van der Waals surface area contributed by atoms with Crippen LogP contribution in [0.5, 0.6) is 0 Å². The molecule has 0 atom stereocenters. The van der Waals surface area contributed by atoms with Gasteiger partial charge in [0.15, 0.2) is 0 Å². The third-order valence-corrected chi connectivity index (χ3v) is 6.74. The molecule has 1 aliphatic rings. The molecular formula is C31H37N4+. The van der Waals surface area contributed by atoms with Crippen molar-refractivity contribution in [3.8, 4) is 0 Å². The summed E-state index contributed by atoms with van der Waals surface area (Å²) in [6.07, 6.45) is 5.79. The summed E-state index contributed by atoms with van der Waals surface area (Å²) in [6, 6.07) is 17.4. The van der Waals surface area contributed by atoms with Gasteiger partial charge in [0.25, 0.3) is 0 Å². The van der Waals surface area contributed by atoms with Crippen LogP contribution in [0.15, 0.2) is 61.3 Å². The zero-order valence-electron chi connectivity index (χ0n) is 21.7. The molecule has 180 valence electrons. The molecule has 1 aliphatic heterocycles. The molecule has 4 heteroatoms. The molecule has 4 rings (SSSR count). The zero-order valence-corrected chi connectivity index (χ0v) is 21.7. The molecule has 0 radical (unpaired) electrons. The highest BCUT2D eigenvalue weighted by molar-refractivity contribution is 5.82. The normalized spacial score (nSPS) is 13.7.